The average molecular weight is 442 g/mol. The minimum absolute atomic E-state index is 0.332. The van der Waals surface area contributed by atoms with Crippen molar-refractivity contribution in [2.24, 2.45) is 0 Å². The number of carboxylic acid groups (broad SMARTS) is 1. The van der Waals surface area contributed by atoms with Crippen LogP contribution in [0.4, 0.5) is 5.69 Å². The summed E-state index contributed by atoms with van der Waals surface area (Å²) in [6.07, 6.45) is 8.05. The van der Waals surface area contributed by atoms with E-state index in [1.54, 1.807) is 12.1 Å². The number of rotatable bonds is 15. The van der Waals surface area contributed by atoms with Crippen molar-refractivity contribution in [3.8, 4) is 0 Å². The van der Waals surface area contributed by atoms with E-state index in [1.165, 1.54) is 44.7 Å². The highest BCUT2D eigenvalue weighted by Crippen LogP contribution is 2.18. The van der Waals surface area contributed by atoms with Crippen molar-refractivity contribution in [2.75, 3.05) is 39.0 Å². The molecule has 1 aromatic rings. The van der Waals surface area contributed by atoms with Crippen molar-refractivity contribution in [2.45, 2.75) is 64.3 Å². The van der Waals surface area contributed by atoms with Gasteiger partial charge in [-0.3, -0.25) is 4.31 Å². The second-order valence-corrected chi connectivity index (χ2v) is 10.8. The van der Waals surface area contributed by atoms with Gasteiger partial charge in [-0.25, -0.2) is 0 Å². The van der Waals surface area contributed by atoms with Crippen molar-refractivity contribution < 1.29 is 22.8 Å². The van der Waals surface area contributed by atoms with Crippen LogP contribution in [0.3, 0.4) is 0 Å². The summed E-state index contributed by atoms with van der Waals surface area (Å²) in [5.74, 6) is -1.28. The third-order valence-corrected chi connectivity index (χ3v) is 6.54. The van der Waals surface area contributed by atoms with Gasteiger partial charge in [0, 0.05) is 19.4 Å². The van der Waals surface area contributed by atoms with E-state index in [2.05, 4.69) is 11.6 Å². The summed E-state index contributed by atoms with van der Waals surface area (Å²) < 4.78 is 29.7. The Morgan fingerprint density at radius 2 is 1.63 bits per heavy atom. The quantitative estimate of drug-likeness (QED) is 0.333. The zero-order valence-corrected chi connectivity index (χ0v) is 20.0. The fourth-order valence-electron chi connectivity index (χ4n) is 3.42. The van der Waals surface area contributed by atoms with Crippen LogP contribution in [0.15, 0.2) is 24.3 Å². The summed E-state index contributed by atoms with van der Waals surface area (Å²) in [6.45, 7) is 2.54. The Labute approximate surface area is 182 Å². The van der Waals surface area contributed by atoms with E-state index in [0.717, 1.165) is 17.1 Å². The number of likely N-dealkylation sites (N-methyl/N-ethyl adjacent to an activating group) is 1. The molecular weight excluding hydrogens is 402 g/mol. The first-order valence-corrected chi connectivity index (χ1v) is 12.2. The predicted molar refractivity (Wildman–Crippen MR) is 120 cm³/mol. The zero-order valence-electron chi connectivity index (χ0n) is 19.2. The molecule has 8 heteroatoms. The molecule has 0 spiro atoms. The number of quaternary nitrogens is 1. The summed E-state index contributed by atoms with van der Waals surface area (Å²) in [5.41, 5.74) is 1.72. The lowest BCUT2D eigenvalue weighted by atomic mass is 10.0. The zero-order chi connectivity index (χ0) is 22.8. The first kappa shape index (κ1) is 26.4. The molecule has 1 aromatic carbocycles. The lowest BCUT2D eigenvalue weighted by Crippen LogP contribution is -2.53. The molecule has 0 aliphatic rings. The number of unbranched alkanes of at least 4 members (excludes halogenated alkanes) is 5. The molecule has 1 rings (SSSR count). The highest BCUT2D eigenvalue weighted by molar-refractivity contribution is 7.90. The van der Waals surface area contributed by atoms with Gasteiger partial charge in [0.2, 0.25) is 0 Å². The maximum absolute atomic E-state index is 12.8. The third kappa shape index (κ3) is 10.4. The summed E-state index contributed by atoms with van der Waals surface area (Å²) in [7, 11) is 3.21. The highest BCUT2D eigenvalue weighted by Gasteiger charge is 2.27. The number of hydrogen-bond donors (Lipinski definition) is 1. The van der Waals surface area contributed by atoms with Gasteiger partial charge < -0.3 is 14.4 Å². The molecule has 0 heterocycles. The molecular formula is C22H39N3O4S. The van der Waals surface area contributed by atoms with Crippen LogP contribution in [-0.2, 0) is 21.4 Å². The van der Waals surface area contributed by atoms with Crippen LogP contribution >= 0.6 is 0 Å². The minimum Gasteiger partial charge on any atom is -0.550 e. The summed E-state index contributed by atoms with van der Waals surface area (Å²) in [6, 6.07) is 6.74. The van der Waals surface area contributed by atoms with Crippen molar-refractivity contribution >= 4 is 21.9 Å². The van der Waals surface area contributed by atoms with Crippen LogP contribution < -0.4 is 14.1 Å². The average Bonchev–Trinajstić information content (AvgIpc) is 2.62. The van der Waals surface area contributed by atoms with Crippen LogP contribution in [0.2, 0.25) is 0 Å². The fourth-order valence-corrected chi connectivity index (χ4v) is 4.55. The minimum atomic E-state index is -3.89. The van der Waals surface area contributed by atoms with Gasteiger partial charge in [-0.2, -0.15) is 13.1 Å². The molecule has 0 aliphatic carbocycles. The van der Waals surface area contributed by atoms with E-state index in [4.69, 9.17) is 0 Å². The molecule has 1 atom stereocenters. The number of carbonyl (C=O) groups is 1. The molecule has 0 saturated carbocycles. The number of aliphatic carboxylic acids is 1. The van der Waals surface area contributed by atoms with E-state index in [-0.39, 0.29) is 6.42 Å². The molecule has 0 saturated heterocycles. The monoisotopic (exact) mass is 441 g/mol. The van der Waals surface area contributed by atoms with Gasteiger partial charge in [-0.05, 0) is 30.5 Å². The summed E-state index contributed by atoms with van der Waals surface area (Å²) >= 11 is 0. The standard InChI is InChI=1S/C22H39N3O4S/c1-6-7-8-9-10-11-12-19-13-15-21(16-14-19)24(2)30(28,29)23-20(17-22(26)27)18-25(3,4)5/h13-16,20,23H,6-12,17-18H2,1-5H3/t20-/m1/s1. The maximum atomic E-state index is 12.8. The number of carboxylic acids is 1. The number of nitrogens with zero attached hydrogens (tertiary/aromatic N) is 2. The fraction of sp³-hybridized carbons (Fsp3) is 0.682. The van der Waals surface area contributed by atoms with Crippen LogP contribution in [-0.4, -0.2) is 59.6 Å². The Hall–Kier alpha value is -1.64. The number of carbonyl (C=O) groups excluding carboxylic acids is 1. The largest absolute Gasteiger partial charge is 0.550 e. The molecule has 0 amide bonds. The van der Waals surface area contributed by atoms with E-state index in [0.29, 0.717) is 16.7 Å². The summed E-state index contributed by atoms with van der Waals surface area (Å²) in [5, 5.41) is 11.1. The first-order valence-electron chi connectivity index (χ1n) is 10.8. The molecule has 1 N–H and O–H groups in total. The lowest BCUT2D eigenvalue weighted by Gasteiger charge is -2.31. The van der Waals surface area contributed by atoms with Crippen molar-refractivity contribution in [3.63, 3.8) is 0 Å². The summed E-state index contributed by atoms with van der Waals surface area (Å²) in [4.78, 5) is 11.1. The second kappa shape index (κ2) is 12.3. The van der Waals surface area contributed by atoms with Gasteiger partial charge in [0.25, 0.3) is 0 Å². The predicted octanol–water partition coefficient (Wildman–Crippen LogP) is 2.08. The second-order valence-electron chi connectivity index (χ2n) is 9.02. The van der Waals surface area contributed by atoms with Gasteiger partial charge in [0.1, 0.15) is 0 Å². The molecule has 0 aromatic heterocycles. The molecule has 0 aliphatic heterocycles. The number of aryl methyl sites for hydroxylation is 1. The van der Waals surface area contributed by atoms with Gasteiger partial charge in [0.15, 0.2) is 0 Å². The Bertz CT molecular complexity index is 743. The SMILES string of the molecule is CCCCCCCCc1ccc(N(C)S(=O)(=O)N[C@H](CC(=O)[O-])C[N+](C)(C)C)cc1. The van der Waals surface area contributed by atoms with Gasteiger partial charge in [-0.1, -0.05) is 51.2 Å². The lowest BCUT2D eigenvalue weighted by molar-refractivity contribution is -0.871. The van der Waals surface area contributed by atoms with Crippen molar-refractivity contribution in [1.29, 1.82) is 0 Å². The van der Waals surface area contributed by atoms with Gasteiger partial charge >= 0.3 is 10.2 Å². The van der Waals surface area contributed by atoms with Crippen LogP contribution in [0.25, 0.3) is 0 Å². The Kier molecular flexibility index (Phi) is 10.8. The maximum Gasteiger partial charge on any atom is 0.301 e. The van der Waals surface area contributed by atoms with E-state index in [1.807, 2.05) is 33.3 Å². The first-order chi connectivity index (χ1) is 13.9. The van der Waals surface area contributed by atoms with Crippen molar-refractivity contribution in [3.05, 3.63) is 29.8 Å². The molecule has 0 bridgehead atoms. The molecule has 172 valence electrons. The number of hydrogen-bond acceptors (Lipinski definition) is 4. The molecule has 30 heavy (non-hydrogen) atoms. The van der Waals surface area contributed by atoms with E-state index >= 15 is 0 Å². The molecule has 0 fully saturated rings. The normalized spacial score (nSPS) is 13.2. The molecule has 7 nitrogen and oxygen atoms in total. The third-order valence-electron chi connectivity index (χ3n) is 4.98. The van der Waals surface area contributed by atoms with E-state index in [9.17, 15) is 18.3 Å². The van der Waals surface area contributed by atoms with E-state index < -0.39 is 22.2 Å². The van der Waals surface area contributed by atoms with Gasteiger partial charge in [0.05, 0.1) is 39.4 Å². The van der Waals surface area contributed by atoms with Gasteiger partial charge in [-0.15, -0.1) is 0 Å². The Balaban J connectivity index is 2.70. The highest BCUT2D eigenvalue weighted by atomic mass is 32.2. The number of anilines is 1. The van der Waals surface area contributed by atoms with Crippen molar-refractivity contribution in [1.82, 2.24) is 4.72 Å². The van der Waals surface area contributed by atoms with Crippen LogP contribution in [0.5, 0.6) is 0 Å². The Morgan fingerprint density at radius 1 is 1.07 bits per heavy atom. The molecule has 0 radical (unpaired) electrons. The number of nitrogens with one attached hydrogen (secondary N) is 1. The smallest absolute Gasteiger partial charge is 0.301 e. The topological polar surface area (TPSA) is 89.5 Å². The number of benzene rings is 1. The van der Waals surface area contributed by atoms with Crippen LogP contribution in [0.1, 0.15) is 57.4 Å². The van der Waals surface area contributed by atoms with Crippen LogP contribution in [0, 0.1) is 0 Å². The molecule has 0 unspecified atom stereocenters. The Morgan fingerprint density at radius 3 is 2.17 bits per heavy atom.